The Morgan fingerprint density at radius 1 is 0.732 bits per heavy atom. The van der Waals surface area contributed by atoms with Gasteiger partial charge in [-0.1, -0.05) is 120 Å². The van der Waals surface area contributed by atoms with E-state index in [2.05, 4.69) is 90.3 Å². The van der Waals surface area contributed by atoms with Gasteiger partial charge in [0.05, 0.1) is 0 Å². The first-order chi connectivity index (χ1) is 19.9. The summed E-state index contributed by atoms with van der Waals surface area (Å²) in [4.78, 5) is 0. The van der Waals surface area contributed by atoms with Crippen LogP contribution in [-0.4, -0.2) is 0 Å². The molecule has 1 aliphatic rings. The van der Waals surface area contributed by atoms with Crippen LogP contribution in [0.1, 0.15) is 145 Å². The molecule has 224 valence electrons. The normalized spacial score (nSPS) is 16.7. The van der Waals surface area contributed by atoms with Crippen molar-refractivity contribution in [1.29, 1.82) is 0 Å². The second kappa shape index (κ2) is 17.6. The molecular weight excluding hydrogens is 492 g/mol. The van der Waals surface area contributed by atoms with Crippen LogP contribution in [0.15, 0.2) is 66.8 Å². The summed E-state index contributed by atoms with van der Waals surface area (Å²) >= 11 is 0. The quantitative estimate of drug-likeness (QED) is 0.0980. The number of allylic oxidation sites excluding steroid dienone is 4. The first-order valence-corrected chi connectivity index (χ1v) is 17.2. The summed E-state index contributed by atoms with van der Waals surface area (Å²) in [5, 5.41) is 0. The molecule has 0 saturated heterocycles. The fraction of sp³-hybridized carbons (Fsp3) is 0.561. The Balaban J connectivity index is 1.97. The maximum absolute atomic E-state index is 4.24. The van der Waals surface area contributed by atoms with E-state index in [4.69, 9.17) is 0 Å². The number of benzene rings is 2. The van der Waals surface area contributed by atoms with Gasteiger partial charge in [-0.05, 0) is 129 Å². The van der Waals surface area contributed by atoms with Crippen molar-refractivity contribution in [3.05, 3.63) is 94.6 Å². The van der Waals surface area contributed by atoms with Gasteiger partial charge in [-0.3, -0.25) is 0 Å². The van der Waals surface area contributed by atoms with Crippen LogP contribution in [-0.2, 0) is 25.7 Å². The summed E-state index contributed by atoms with van der Waals surface area (Å²) in [7, 11) is 0. The van der Waals surface area contributed by atoms with E-state index in [-0.39, 0.29) is 0 Å². The number of hydrogen-bond donors (Lipinski definition) is 0. The molecule has 0 radical (unpaired) electrons. The Kier molecular flexibility index (Phi) is 14.2. The number of rotatable bonds is 18. The maximum atomic E-state index is 4.24. The number of aryl methyl sites for hydroxylation is 3. The van der Waals surface area contributed by atoms with E-state index < -0.39 is 0 Å². The zero-order valence-electron chi connectivity index (χ0n) is 27.4. The van der Waals surface area contributed by atoms with E-state index in [0.29, 0.717) is 5.92 Å². The third-order valence-corrected chi connectivity index (χ3v) is 9.53. The Hall–Kier alpha value is -2.34. The topological polar surface area (TPSA) is 0 Å². The molecule has 0 aromatic heterocycles. The molecule has 0 fully saturated rings. The standard InChI is InChI=1S/C41H60/c1-8-12-14-19-37-29-39(30-38(40(37)21-15-13-9-2)20-17-16-18-32(7)31(5)6)41-27-26-36(28-34(41)11-4)35-24-22-33(10-3)23-25-35/h22,24,26-30,33,35H,5,7-21,23,25H2,1-4,6H3. The van der Waals surface area contributed by atoms with E-state index >= 15 is 0 Å². The Morgan fingerprint density at radius 2 is 1.39 bits per heavy atom. The molecular formula is C41H60. The fourth-order valence-corrected chi connectivity index (χ4v) is 6.62. The first-order valence-electron chi connectivity index (χ1n) is 17.2. The van der Waals surface area contributed by atoms with Crippen molar-refractivity contribution >= 4 is 0 Å². The average molecular weight is 553 g/mol. The molecule has 1 aliphatic carbocycles. The molecule has 2 unspecified atom stereocenters. The summed E-state index contributed by atoms with van der Waals surface area (Å²) in [5.41, 5.74) is 13.2. The molecule has 0 saturated carbocycles. The van der Waals surface area contributed by atoms with E-state index in [0.717, 1.165) is 24.3 Å². The van der Waals surface area contributed by atoms with Gasteiger partial charge in [0.25, 0.3) is 0 Å². The molecule has 0 heterocycles. The van der Waals surface area contributed by atoms with Crippen LogP contribution in [0.2, 0.25) is 0 Å². The Labute approximate surface area is 254 Å². The van der Waals surface area contributed by atoms with Crippen LogP contribution >= 0.6 is 0 Å². The van der Waals surface area contributed by atoms with Gasteiger partial charge in [0, 0.05) is 5.92 Å². The highest BCUT2D eigenvalue weighted by Crippen LogP contribution is 2.36. The van der Waals surface area contributed by atoms with Gasteiger partial charge < -0.3 is 0 Å². The van der Waals surface area contributed by atoms with Crippen molar-refractivity contribution in [3.63, 3.8) is 0 Å². The third kappa shape index (κ3) is 9.87. The van der Waals surface area contributed by atoms with Gasteiger partial charge >= 0.3 is 0 Å². The van der Waals surface area contributed by atoms with Crippen LogP contribution in [0.4, 0.5) is 0 Å². The highest BCUT2D eigenvalue weighted by atomic mass is 14.2. The van der Waals surface area contributed by atoms with Gasteiger partial charge in [-0.15, -0.1) is 0 Å². The van der Waals surface area contributed by atoms with Crippen molar-refractivity contribution in [3.8, 4) is 11.1 Å². The van der Waals surface area contributed by atoms with Crippen molar-refractivity contribution in [2.24, 2.45) is 5.92 Å². The first kappa shape index (κ1) is 33.2. The molecule has 0 amide bonds. The predicted molar refractivity (Wildman–Crippen MR) is 184 cm³/mol. The monoisotopic (exact) mass is 552 g/mol. The molecule has 0 heteroatoms. The van der Waals surface area contributed by atoms with Crippen molar-refractivity contribution in [1.82, 2.24) is 0 Å². The van der Waals surface area contributed by atoms with E-state index in [1.807, 2.05) is 0 Å². The molecule has 41 heavy (non-hydrogen) atoms. The maximum Gasteiger partial charge on any atom is 0.00183 e. The van der Waals surface area contributed by atoms with E-state index in [9.17, 15) is 0 Å². The SMILES string of the molecule is C=C(C)C(=C)CCCCc1cc(-c2ccc(C3C=CC(CC)CC3)cc2CC)cc(CCCCC)c1CCCCC. The van der Waals surface area contributed by atoms with Crippen LogP contribution in [0, 0.1) is 5.92 Å². The van der Waals surface area contributed by atoms with Gasteiger partial charge in [-0.25, -0.2) is 0 Å². The predicted octanol–water partition coefficient (Wildman–Crippen LogP) is 12.7. The Bertz CT molecular complexity index is 1140. The van der Waals surface area contributed by atoms with Gasteiger partial charge in [0.15, 0.2) is 0 Å². The van der Waals surface area contributed by atoms with E-state index in [1.165, 1.54) is 118 Å². The summed E-state index contributed by atoms with van der Waals surface area (Å²) < 4.78 is 0. The molecule has 2 aromatic carbocycles. The van der Waals surface area contributed by atoms with Crippen LogP contribution in [0.25, 0.3) is 11.1 Å². The summed E-state index contributed by atoms with van der Waals surface area (Å²) in [6, 6.07) is 12.6. The second-order valence-corrected chi connectivity index (χ2v) is 12.8. The van der Waals surface area contributed by atoms with Crippen LogP contribution in [0.5, 0.6) is 0 Å². The lowest BCUT2D eigenvalue weighted by Gasteiger charge is -2.24. The molecule has 0 N–H and O–H groups in total. The molecule has 0 aliphatic heterocycles. The van der Waals surface area contributed by atoms with Crippen molar-refractivity contribution in [2.45, 2.75) is 143 Å². The number of unbranched alkanes of at least 4 members (excludes halogenated alkanes) is 5. The zero-order chi connectivity index (χ0) is 29.6. The summed E-state index contributed by atoms with van der Waals surface area (Å²) in [6.07, 6.45) is 24.8. The van der Waals surface area contributed by atoms with Crippen LogP contribution < -0.4 is 0 Å². The highest BCUT2D eigenvalue weighted by molar-refractivity contribution is 5.70. The number of hydrogen-bond acceptors (Lipinski definition) is 0. The molecule has 2 atom stereocenters. The average Bonchev–Trinajstić information content (AvgIpc) is 2.99. The smallest absolute Gasteiger partial charge is 0.00183 e. The fourth-order valence-electron chi connectivity index (χ4n) is 6.62. The lowest BCUT2D eigenvalue weighted by atomic mass is 9.81. The van der Waals surface area contributed by atoms with Gasteiger partial charge in [0.2, 0.25) is 0 Å². The highest BCUT2D eigenvalue weighted by Gasteiger charge is 2.19. The molecule has 0 spiro atoms. The largest absolute Gasteiger partial charge is 0.0959 e. The van der Waals surface area contributed by atoms with Crippen molar-refractivity contribution in [2.75, 3.05) is 0 Å². The third-order valence-electron chi connectivity index (χ3n) is 9.53. The van der Waals surface area contributed by atoms with E-state index in [1.54, 1.807) is 16.7 Å². The summed E-state index contributed by atoms with van der Waals surface area (Å²) in [6.45, 7) is 19.7. The second-order valence-electron chi connectivity index (χ2n) is 12.8. The van der Waals surface area contributed by atoms with Crippen LogP contribution in [0.3, 0.4) is 0 Å². The van der Waals surface area contributed by atoms with Gasteiger partial charge in [-0.2, -0.15) is 0 Å². The molecule has 0 bridgehead atoms. The minimum Gasteiger partial charge on any atom is -0.0959 e. The summed E-state index contributed by atoms with van der Waals surface area (Å²) in [5.74, 6) is 1.35. The minimum atomic E-state index is 0.576. The lowest BCUT2D eigenvalue weighted by molar-refractivity contribution is 0.499. The molecule has 3 rings (SSSR count). The van der Waals surface area contributed by atoms with Crippen molar-refractivity contribution < 1.29 is 0 Å². The minimum absolute atomic E-state index is 0.576. The Morgan fingerprint density at radius 3 is 1.95 bits per heavy atom. The molecule has 0 nitrogen and oxygen atoms in total. The molecule has 2 aromatic rings. The zero-order valence-corrected chi connectivity index (χ0v) is 27.4. The lowest BCUT2D eigenvalue weighted by Crippen LogP contribution is -2.07. The van der Waals surface area contributed by atoms with Gasteiger partial charge in [0.1, 0.15) is 0 Å².